The molecule has 1 unspecified atom stereocenters. The molecule has 0 bridgehead atoms. The third-order valence-corrected chi connectivity index (χ3v) is 4.85. The minimum absolute atomic E-state index is 0.0570. The number of methoxy groups -OCH3 is 1. The second-order valence-corrected chi connectivity index (χ2v) is 6.70. The maximum absolute atomic E-state index is 12.9. The predicted molar refractivity (Wildman–Crippen MR) is 110 cm³/mol. The molecule has 2 aromatic carbocycles. The maximum atomic E-state index is 12.9. The molecule has 0 aromatic heterocycles. The highest BCUT2D eigenvalue weighted by Crippen LogP contribution is 2.41. The number of Topliss-reactive ketones (excluding diaryl/α,β-unsaturated/α-hetero) is 1. The Kier molecular flexibility index (Phi) is 6.22. The van der Waals surface area contributed by atoms with Crippen LogP contribution in [0.25, 0.3) is 5.76 Å². The number of hydrogen-bond donors (Lipinski definition) is 1. The molecule has 1 saturated heterocycles. The minimum Gasteiger partial charge on any atom is -0.507 e. The van der Waals surface area contributed by atoms with E-state index in [0.29, 0.717) is 42.2 Å². The topological polar surface area (TPSA) is 76.1 Å². The van der Waals surface area contributed by atoms with E-state index in [2.05, 4.69) is 0 Å². The van der Waals surface area contributed by atoms with Crippen LogP contribution in [0.2, 0.25) is 0 Å². The summed E-state index contributed by atoms with van der Waals surface area (Å²) in [4.78, 5) is 27.2. The molecule has 0 saturated carbocycles. The van der Waals surface area contributed by atoms with Crippen LogP contribution in [0.4, 0.5) is 0 Å². The van der Waals surface area contributed by atoms with Crippen LogP contribution in [-0.4, -0.2) is 42.0 Å². The summed E-state index contributed by atoms with van der Waals surface area (Å²) in [6.07, 6.45) is 0.684. The molecule has 0 radical (unpaired) electrons. The Morgan fingerprint density at radius 3 is 2.55 bits per heavy atom. The van der Waals surface area contributed by atoms with Gasteiger partial charge in [-0.3, -0.25) is 9.59 Å². The lowest BCUT2D eigenvalue weighted by atomic mass is 9.95. The van der Waals surface area contributed by atoms with Crippen molar-refractivity contribution in [3.05, 3.63) is 65.2 Å². The average molecular weight is 395 g/mol. The quantitative estimate of drug-likeness (QED) is 0.437. The Morgan fingerprint density at radius 1 is 1.10 bits per heavy atom. The van der Waals surface area contributed by atoms with E-state index < -0.39 is 17.7 Å². The first-order valence-corrected chi connectivity index (χ1v) is 9.68. The molecule has 1 aliphatic rings. The van der Waals surface area contributed by atoms with Crippen LogP contribution in [0.15, 0.2) is 54.1 Å². The van der Waals surface area contributed by atoms with Crippen molar-refractivity contribution in [1.29, 1.82) is 0 Å². The standard InChI is InChI=1S/C23H25NO5/c1-4-13-24-20(15-9-8-10-16(14-15)29-5-2)19(22(26)23(24)27)21(25)17-11-6-7-12-18(17)28-3/h6-12,14,20,25H,4-5,13H2,1-3H3/b21-19-. The normalized spacial score (nSPS) is 18.2. The van der Waals surface area contributed by atoms with Gasteiger partial charge < -0.3 is 19.5 Å². The first-order chi connectivity index (χ1) is 14.0. The molecule has 1 amide bonds. The van der Waals surface area contributed by atoms with Gasteiger partial charge in [-0.2, -0.15) is 0 Å². The molecule has 1 heterocycles. The fourth-order valence-corrected chi connectivity index (χ4v) is 3.62. The van der Waals surface area contributed by atoms with Crippen LogP contribution in [0.3, 0.4) is 0 Å². The van der Waals surface area contributed by atoms with Crippen LogP contribution in [-0.2, 0) is 9.59 Å². The zero-order valence-electron chi connectivity index (χ0n) is 16.8. The van der Waals surface area contributed by atoms with Crippen LogP contribution >= 0.6 is 0 Å². The Morgan fingerprint density at radius 2 is 1.86 bits per heavy atom. The number of amides is 1. The second kappa shape index (κ2) is 8.82. The molecule has 1 N–H and O–H groups in total. The van der Waals surface area contributed by atoms with Crippen molar-refractivity contribution in [2.75, 3.05) is 20.3 Å². The van der Waals surface area contributed by atoms with Crippen LogP contribution < -0.4 is 9.47 Å². The maximum Gasteiger partial charge on any atom is 0.295 e. The second-order valence-electron chi connectivity index (χ2n) is 6.70. The molecule has 0 spiro atoms. The van der Waals surface area contributed by atoms with Crippen molar-refractivity contribution >= 4 is 17.4 Å². The lowest BCUT2D eigenvalue weighted by molar-refractivity contribution is -0.139. The van der Waals surface area contributed by atoms with Gasteiger partial charge in [0.05, 0.1) is 30.9 Å². The fraction of sp³-hybridized carbons (Fsp3) is 0.304. The number of likely N-dealkylation sites (tertiary alicyclic amines) is 1. The number of ketones is 1. The molecular formula is C23H25NO5. The lowest BCUT2D eigenvalue weighted by Crippen LogP contribution is -2.30. The first kappa shape index (κ1) is 20.5. The van der Waals surface area contributed by atoms with Crippen LogP contribution in [0, 0.1) is 0 Å². The third-order valence-electron chi connectivity index (χ3n) is 4.85. The van der Waals surface area contributed by atoms with E-state index in [1.54, 1.807) is 30.3 Å². The van der Waals surface area contributed by atoms with Crippen molar-refractivity contribution in [3.8, 4) is 11.5 Å². The van der Waals surface area contributed by atoms with Crippen LogP contribution in [0.5, 0.6) is 11.5 Å². The average Bonchev–Trinajstić information content (AvgIpc) is 2.99. The Labute approximate surface area is 170 Å². The number of para-hydroxylation sites is 1. The Bertz CT molecular complexity index is 950. The van der Waals surface area contributed by atoms with Gasteiger partial charge in [-0.1, -0.05) is 31.2 Å². The van der Waals surface area contributed by atoms with Crippen LogP contribution in [0.1, 0.15) is 37.4 Å². The van der Waals surface area contributed by atoms with Gasteiger partial charge in [-0.05, 0) is 43.2 Å². The summed E-state index contributed by atoms with van der Waals surface area (Å²) in [5.74, 6) is -0.493. The van der Waals surface area contributed by atoms with Crippen molar-refractivity contribution < 1.29 is 24.2 Å². The summed E-state index contributed by atoms with van der Waals surface area (Å²) >= 11 is 0. The van der Waals surface area contributed by atoms with Gasteiger partial charge in [0.15, 0.2) is 0 Å². The zero-order chi connectivity index (χ0) is 21.0. The number of aliphatic hydroxyl groups excluding tert-OH is 1. The molecule has 6 nitrogen and oxygen atoms in total. The SMILES string of the molecule is CCCN1C(=O)C(=O)/C(=C(\O)c2ccccc2OC)C1c1cccc(OCC)c1. The fourth-order valence-electron chi connectivity index (χ4n) is 3.62. The van der Waals surface area contributed by atoms with E-state index in [1.807, 2.05) is 32.0 Å². The van der Waals surface area contributed by atoms with Gasteiger partial charge in [-0.25, -0.2) is 0 Å². The third kappa shape index (κ3) is 3.83. The van der Waals surface area contributed by atoms with E-state index in [-0.39, 0.29) is 11.3 Å². The summed E-state index contributed by atoms with van der Waals surface area (Å²) in [5.41, 5.74) is 1.14. The number of benzene rings is 2. The van der Waals surface area contributed by atoms with Crippen molar-refractivity contribution in [3.63, 3.8) is 0 Å². The summed E-state index contributed by atoms with van der Waals surface area (Å²) in [6.45, 7) is 4.72. The van der Waals surface area contributed by atoms with Crippen molar-refractivity contribution in [1.82, 2.24) is 4.90 Å². The van der Waals surface area contributed by atoms with Gasteiger partial charge in [0, 0.05) is 6.54 Å². The first-order valence-electron chi connectivity index (χ1n) is 9.68. The van der Waals surface area contributed by atoms with Gasteiger partial charge in [0.1, 0.15) is 17.3 Å². The van der Waals surface area contributed by atoms with E-state index >= 15 is 0 Å². The number of rotatable bonds is 7. The number of carbonyl (C=O) groups excluding carboxylic acids is 2. The molecule has 3 rings (SSSR count). The largest absolute Gasteiger partial charge is 0.507 e. The summed E-state index contributed by atoms with van der Waals surface area (Å²) in [6, 6.07) is 13.4. The summed E-state index contributed by atoms with van der Waals surface area (Å²) in [5, 5.41) is 11.1. The molecule has 29 heavy (non-hydrogen) atoms. The highest BCUT2D eigenvalue weighted by atomic mass is 16.5. The number of nitrogens with zero attached hydrogens (tertiary/aromatic N) is 1. The highest BCUT2D eigenvalue weighted by Gasteiger charge is 2.46. The molecule has 152 valence electrons. The Balaban J connectivity index is 2.21. The highest BCUT2D eigenvalue weighted by molar-refractivity contribution is 6.46. The number of hydrogen-bond acceptors (Lipinski definition) is 5. The van der Waals surface area contributed by atoms with Gasteiger partial charge >= 0.3 is 0 Å². The number of ether oxygens (including phenoxy) is 2. The zero-order valence-corrected chi connectivity index (χ0v) is 16.8. The molecule has 6 heteroatoms. The monoisotopic (exact) mass is 395 g/mol. The van der Waals surface area contributed by atoms with E-state index in [1.165, 1.54) is 12.0 Å². The van der Waals surface area contributed by atoms with Crippen molar-refractivity contribution in [2.45, 2.75) is 26.3 Å². The summed E-state index contributed by atoms with van der Waals surface area (Å²) in [7, 11) is 1.49. The molecule has 1 aliphatic heterocycles. The van der Waals surface area contributed by atoms with E-state index in [9.17, 15) is 14.7 Å². The summed E-state index contributed by atoms with van der Waals surface area (Å²) < 4.78 is 10.9. The molecule has 2 aromatic rings. The van der Waals surface area contributed by atoms with Crippen molar-refractivity contribution in [2.24, 2.45) is 0 Å². The molecular weight excluding hydrogens is 370 g/mol. The minimum atomic E-state index is -0.700. The van der Waals surface area contributed by atoms with Gasteiger partial charge in [-0.15, -0.1) is 0 Å². The molecule has 1 fully saturated rings. The lowest BCUT2D eigenvalue weighted by Gasteiger charge is -2.25. The van der Waals surface area contributed by atoms with E-state index in [4.69, 9.17) is 9.47 Å². The molecule has 1 atom stereocenters. The van der Waals surface area contributed by atoms with E-state index in [0.717, 1.165) is 0 Å². The van der Waals surface area contributed by atoms with Gasteiger partial charge in [0.2, 0.25) is 0 Å². The molecule has 0 aliphatic carbocycles. The predicted octanol–water partition coefficient (Wildman–Crippen LogP) is 3.93. The Hall–Kier alpha value is -3.28. The van der Waals surface area contributed by atoms with Gasteiger partial charge in [0.25, 0.3) is 11.7 Å². The number of carbonyl (C=O) groups is 2. The number of aliphatic hydroxyl groups is 1. The smallest absolute Gasteiger partial charge is 0.295 e.